The van der Waals surface area contributed by atoms with Gasteiger partial charge in [0.05, 0.1) is 15.6 Å². The molecule has 0 aromatic heterocycles. The molecule has 1 aromatic carbocycles. The Morgan fingerprint density at radius 3 is 2.33 bits per heavy atom. The van der Waals surface area contributed by atoms with Gasteiger partial charge in [-0.2, -0.15) is 17.5 Å². The molecule has 0 fully saturated rings. The van der Waals surface area contributed by atoms with Gasteiger partial charge in [-0.15, -0.1) is 0 Å². The van der Waals surface area contributed by atoms with E-state index in [0.717, 1.165) is 6.07 Å². The molecule has 0 aliphatic rings. The third-order valence-corrected chi connectivity index (χ3v) is 5.06. The summed E-state index contributed by atoms with van der Waals surface area (Å²) in [6.45, 7) is 1.36. The van der Waals surface area contributed by atoms with Gasteiger partial charge in [-0.1, -0.05) is 18.5 Å². The van der Waals surface area contributed by atoms with Crippen molar-refractivity contribution in [3.8, 4) is 0 Å². The van der Waals surface area contributed by atoms with Gasteiger partial charge in [0, 0.05) is 6.54 Å². The monoisotopic (exact) mass is 344 g/mol. The first kappa shape index (κ1) is 18.1. The molecule has 0 radical (unpaired) electrons. The van der Waals surface area contributed by atoms with E-state index >= 15 is 0 Å². The van der Waals surface area contributed by atoms with Crippen molar-refractivity contribution in [2.45, 2.75) is 31.3 Å². The zero-order chi connectivity index (χ0) is 16.4. The number of alkyl halides is 3. The van der Waals surface area contributed by atoms with Gasteiger partial charge in [0.1, 0.15) is 6.54 Å². The molecule has 0 spiro atoms. The Hall–Kier alpha value is -0.990. The van der Waals surface area contributed by atoms with Crippen molar-refractivity contribution in [1.29, 1.82) is 0 Å². The summed E-state index contributed by atoms with van der Waals surface area (Å²) in [6.07, 6.45) is -4.35. The summed E-state index contributed by atoms with van der Waals surface area (Å²) in [6, 6.07) is 2.29. The Morgan fingerprint density at radius 2 is 1.90 bits per heavy atom. The number of sulfonamides is 1. The number of aryl methyl sites for hydroxylation is 1. The Bertz CT molecular complexity index is 594. The summed E-state index contributed by atoms with van der Waals surface area (Å²) >= 11 is 5.83. The molecule has 0 unspecified atom stereocenters. The lowest BCUT2D eigenvalue weighted by Crippen LogP contribution is -2.39. The van der Waals surface area contributed by atoms with E-state index in [9.17, 15) is 21.6 Å². The van der Waals surface area contributed by atoms with Crippen molar-refractivity contribution < 1.29 is 21.6 Å². The number of nitrogen functional groups attached to an aromatic ring is 1. The van der Waals surface area contributed by atoms with Crippen LogP contribution < -0.4 is 5.73 Å². The zero-order valence-electron chi connectivity index (χ0n) is 11.5. The van der Waals surface area contributed by atoms with Crippen LogP contribution in [0.15, 0.2) is 17.0 Å². The second kappa shape index (κ2) is 6.41. The van der Waals surface area contributed by atoms with E-state index < -0.39 is 22.7 Å². The number of rotatable bonds is 5. The predicted molar refractivity (Wildman–Crippen MR) is 75.7 cm³/mol. The van der Waals surface area contributed by atoms with Crippen LogP contribution in [-0.4, -0.2) is 32.0 Å². The van der Waals surface area contributed by atoms with E-state index in [-0.39, 0.29) is 28.6 Å². The molecule has 21 heavy (non-hydrogen) atoms. The molecule has 4 nitrogen and oxygen atoms in total. The SMILES string of the molecule is CCCN(CC(F)(F)F)S(=O)(=O)c1cc(C)c(Cl)c(N)c1. The van der Waals surface area contributed by atoms with Crippen LogP contribution in [0.1, 0.15) is 18.9 Å². The maximum atomic E-state index is 12.5. The number of anilines is 1. The minimum Gasteiger partial charge on any atom is -0.397 e. The van der Waals surface area contributed by atoms with Crippen LogP contribution in [0, 0.1) is 6.92 Å². The first-order valence-corrected chi connectivity index (χ1v) is 7.93. The zero-order valence-corrected chi connectivity index (χ0v) is 13.1. The van der Waals surface area contributed by atoms with Crippen molar-refractivity contribution in [2.75, 3.05) is 18.8 Å². The molecule has 1 aromatic rings. The lowest BCUT2D eigenvalue weighted by atomic mass is 10.2. The van der Waals surface area contributed by atoms with Crippen LogP contribution in [0.5, 0.6) is 0 Å². The molecular formula is C12H16ClF3N2O2S. The van der Waals surface area contributed by atoms with Crippen LogP contribution in [0.25, 0.3) is 0 Å². The fourth-order valence-electron chi connectivity index (χ4n) is 1.79. The molecule has 0 saturated carbocycles. The van der Waals surface area contributed by atoms with Crippen LogP contribution in [0.3, 0.4) is 0 Å². The highest BCUT2D eigenvalue weighted by atomic mass is 35.5. The summed E-state index contributed by atoms with van der Waals surface area (Å²) in [7, 11) is -4.28. The second-order valence-electron chi connectivity index (χ2n) is 4.60. The average Bonchev–Trinajstić information content (AvgIpc) is 2.33. The highest BCUT2D eigenvalue weighted by Crippen LogP contribution is 2.29. The van der Waals surface area contributed by atoms with Gasteiger partial charge < -0.3 is 5.73 Å². The van der Waals surface area contributed by atoms with E-state index in [2.05, 4.69) is 0 Å². The van der Waals surface area contributed by atoms with Gasteiger partial charge in [-0.25, -0.2) is 8.42 Å². The maximum Gasteiger partial charge on any atom is 0.402 e. The minimum absolute atomic E-state index is 0.0127. The molecule has 0 amide bonds. The largest absolute Gasteiger partial charge is 0.402 e. The Morgan fingerprint density at radius 1 is 1.33 bits per heavy atom. The molecular weight excluding hydrogens is 329 g/mol. The number of benzene rings is 1. The Balaban J connectivity index is 3.29. The third kappa shape index (κ3) is 4.49. The number of nitrogens with zero attached hydrogens (tertiary/aromatic N) is 1. The van der Waals surface area contributed by atoms with Crippen molar-refractivity contribution in [3.63, 3.8) is 0 Å². The second-order valence-corrected chi connectivity index (χ2v) is 6.91. The molecule has 0 saturated heterocycles. The molecule has 9 heteroatoms. The summed E-state index contributed by atoms with van der Waals surface area (Å²) in [5.41, 5.74) is 5.98. The molecule has 0 bridgehead atoms. The van der Waals surface area contributed by atoms with Gasteiger partial charge >= 0.3 is 6.18 Å². The quantitative estimate of drug-likeness (QED) is 0.834. The molecule has 0 aliphatic heterocycles. The average molecular weight is 345 g/mol. The van der Waals surface area contributed by atoms with Crippen LogP contribution in [-0.2, 0) is 10.0 Å². The third-order valence-electron chi connectivity index (χ3n) is 2.72. The molecule has 0 atom stereocenters. The molecule has 120 valence electrons. The smallest absolute Gasteiger partial charge is 0.397 e. The van der Waals surface area contributed by atoms with Gasteiger partial charge in [-0.05, 0) is 31.0 Å². The van der Waals surface area contributed by atoms with Gasteiger partial charge in [-0.3, -0.25) is 0 Å². The molecule has 1 rings (SSSR count). The van der Waals surface area contributed by atoms with Gasteiger partial charge in [0.15, 0.2) is 0 Å². The summed E-state index contributed by atoms with van der Waals surface area (Å²) in [4.78, 5) is -0.292. The van der Waals surface area contributed by atoms with Gasteiger partial charge in [0.25, 0.3) is 0 Å². The van der Waals surface area contributed by atoms with Crippen LogP contribution in [0.2, 0.25) is 5.02 Å². The maximum absolute atomic E-state index is 12.5. The fraction of sp³-hybridized carbons (Fsp3) is 0.500. The minimum atomic E-state index is -4.62. The van der Waals surface area contributed by atoms with Crippen LogP contribution in [0.4, 0.5) is 18.9 Å². The number of halogens is 4. The van der Waals surface area contributed by atoms with Crippen molar-refractivity contribution in [2.24, 2.45) is 0 Å². The fourth-order valence-corrected chi connectivity index (χ4v) is 3.54. The van der Waals surface area contributed by atoms with Gasteiger partial charge in [0.2, 0.25) is 10.0 Å². The predicted octanol–water partition coefficient (Wildman–Crippen LogP) is 3.19. The first-order chi connectivity index (χ1) is 9.49. The van der Waals surface area contributed by atoms with Crippen molar-refractivity contribution in [1.82, 2.24) is 4.31 Å². The topological polar surface area (TPSA) is 63.4 Å². The van der Waals surface area contributed by atoms with Crippen molar-refractivity contribution >= 4 is 27.3 Å². The Kier molecular flexibility index (Phi) is 5.51. The summed E-state index contributed by atoms with van der Waals surface area (Å²) < 4.78 is 62.7. The number of nitrogens with two attached hydrogens (primary N) is 1. The lowest BCUT2D eigenvalue weighted by Gasteiger charge is -2.23. The number of hydrogen-bond acceptors (Lipinski definition) is 3. The summed E-state index contributed by atoms with van der Waals surface area (Å²) in [5.74, 6) is 0. The van der Waals surface area contributed by atoms with E-state index in [1.807, 2.05) is 0 Å². The van der Waals surface area contributed by atoms with E-state index in [4.69, 9.17) is 17.3 Å². The molecule has 2 N–H and O–H groups in total. The van der Waals surface area contributed by atoms with Crippen LogP contribution >= 0.6 is 11.6 Å². The standard InChI is InChI=1S/C12H16ClF3N2O2S/c1-3-4-18(7-12(14,15)16)21(19,20)9-5-8(2)11(13)10(17)6-9/h5-6H,3-4,7,17H2,1-2H3. The lowest BCUT2D eigenvalue weighted by molar-refractivity contribution is -0.136. The number of hydrogen-bond donors (Lipinski definition) is 1. The molecule has 0 aliphatic carbocycles. The van der Waals surface area contributed by atoms with Crippen molar-refractivity contribution in [3.05, 3.63) is 22.7 Å². The molecule has 0 heterocycles. The highest BCUT2D eigenvalue weighted by Gasteiger charge is 2.36. The normalized spacial score (nSPS) is 12.9. The van der Waals surface area contributed by atoms with E-state index in [0.29, 0.717) is 9.87 Å². The highest BCUT2D eigenvalue weighted by molar-refractivity contribution is 7.89. The van der Waals surface area contributed by atoms with E-state index in [1.165, 1.54) is 13.0 Å². The summed E-state index contributed by atoms with van der Waals surface area (Å²) in [5, 5.41) is 0.187. The first-order valence-electron chi connectivity index (χ1n) is 6.11. The van der Waals surface area contributed by atoms with E-state index in [1.54, 1.807) is 6.92 Å². The Labute approximate surface area is 126 Å².